The van der Waals surface area contributed by atoms with Gasteiger partial charge in [-0.2, -0.15) is 0 Å². The van der Waals surface area contributed by atoms with Crippen LogP contribution in [0, 0.1) is 10.1 Å². The lowest BCUT2D eigenvalue weighted by Crippen LogP contribution is -2.23. The maximum Gasteiger partial charge on any atom is 0.293 e. The highest BCUT2D eigenvalue weighted by atomic mass is 32.2. The van der Waals surface area contributed by atoms with Crippen molar-refractivity contribution in [3.63, 3.8) is 0 Å². The van der Waals surface area contributed by atoms with E-state index >= 15 is 0 Å². The molecule has 10 heteroatoms. The number of nitrogens with zero attached hydrogens (tertiary/aromatic N) is 2. The summed E-state index contributed by atoms with van der Waals surface area (Å²) in [6.45, 7) is -0.0688. The molecule has 9 nitrogen and oxygen atoms in total. The van der Waals surface area contributed by atoms with Crippen molar-refractivity contribution in [1.82, 2.24) is 4.90 Å². The van der Waals surface area contributed by atoms with E-state index in [0.29, 0.717) is 0 Å². The van der Waals surface area contributed by atoms with Gasteiger partial charge in [0.25, 0.3) is 11.6 Å². The van der Waals surface area contributed by atoms with Gasteiger partial charge in [-0.05, 0) is 12.1 Å². The van der Waals surface area contributed by atoms with Crippen molar-refractivity contribution >= 4 is 27.3 Å². The average Bonchev–Trinajstić information content (AvgIpc) is 2.36. The summed E-state index contributed by atoms with van der Waals surface area (Å²) in [6, 6.07) is 3.92. The molecular formula is C11H16N4O5S. The molecule has 0 fully saturated rings. The van der Waals surface area contributed by atoms with Crippen molar-refractivity contribution in [1.29, 1.82) is 0 Å². The van der Waals surface area contributed by atoms with Crippen LogP contribution in [-0.4, -0.2) is 50.5 Å². The second-order valence-electron chi connectivity index (χ2n) is 4.48. The maximum atomic E-state index is 11.8. The van der Waals surface area contributed by atoms with Crippen molar-refractivity contribution in [3.05, 3.63) is 33.9 Å². The van der Waals surface area contributed by atoms with Gasteiger partial charge in [0.05, 0.1) is 10.7 Å². The fourth-order valence-electron chi connectivity index (χ4n) is 1.55. The fraction of sp³-hybridized carbons (Fsp3) is 0.364. The molecule has 0 spiro atoms. The monoisotopic (exact) mass is 316 g/mol. The van der Waals surface area contributed by atoms with Crippen LogP contribution in [0.4, 0.5) is 11.4 Å². The number of carbonyl (C=O) groups excluding carboxylic acids is 1. The Kier molecular flexibility index (Phi) is 5.22. The highest BCUT2D eigenvalue weighted by molar-refractivity contribution is 7.89. The van der Waals surface area contributed by atoms with Crippen LogP contribution in [0.25, 0.3) is 0 Å². The number of nitrogens with two attached hydrogens (primary N) is 1. The number of nitro groups is 1. The van der Waals surface area contributed by atoms with Crippen LogP contribution in [0.3, 0.4) is 0 Å². The standard InChI is InChI=1S/C11H16N4O5S/c1-14(2)11(16)8-3-4-9(10(7-8)15(17)18)13-5-6-21(12,19)20/h3-4,7,13H,5-6H2,1-2H3,(H2,12,19,20). The summed E-state index contributed by atoms with van der Waals surface area (Å²) in [5, 5.41) is 18.5. The van der Waals surface area contributed by atoms with Crippen molar-refractivity contribution in [3.8, 4) is 0 Å². The van der Waals surface area contributed by atoms with Crippen molar-refractivity contribution in [2.24, 2.45) is 5.14 Å². The largest absolute Gasteiger partial charge is 0.378 e. The molecule has 1 rings (SSSR count). The lowest BCUT2D eigenvalue weighted by atomic mass is 10.1. The van der Waals surface area contributed by atoms with Gasteiger partial charge >= 0.3 is 0 Å². The summed E-state index contributed by atoms with van der Waals surface area (Å²) in [5.41, 5.74) is -0.0141. The fourth-order valence-corrected chi connectivity index (χ4v) is 1.94. The zero-order valence-electron chi connectivity index (χ0n) is 11.6. The van der Waals surface area contributed by atoms with Gasteiger partial charge in [0.15, 0.2) is 0 Å². The molecule has 0 aliphatic carbocycles. The Labute approximate surface area is 121 Å². The maximum absolute atomic E-state index is 11.8. The van der Waals surface area contributed by atoms with E-state index < -0.39 is 14.9 Å². The number of rotatable bonds is 6. The summed E-state index contributed by atoms with van der Waals surface area (Å²) in [5.74, 6) is -0.725. The molecular weight excluding hydrogens is 300 g/mol. The first-order valence-electron chi connectivity index (χ1n) is 5.86. The molecule has 0 heterocycles. The van der Waals surface area contributed by atoms with E-state index in [1.165, 1.54) is 31.1 Å². The Morgan fingerprint density at radius 3 is 2.52 bits per heavy atom. The van der Waals surface area contributed by atoms with Crippen molar-refractivity contribution < 1.29 is 18.1 Å². The second kappa shape index (κ2) is 6.50. The van der Waals surface area contributed by atoms with Gasteiger partial charge in [-0.25, -0.2) is 13.6 Å². The SMILES string of the molecule is CN(C)C(=O)c1ccc(NCCS(N)(=O)=O)c([N+](=O)[O-])c1. The minimum atomic E-state index is -3.65. The van der Waals surface area contributed by atoms with E-state index in [2.05, 4.69) is 5.32 Å². The number of anilines is 1. The van der Waals surface area contributed by atoms with Gasteiger partial charge in [-0.3, -0.25) is 14.9 Å². The van der Waals surface area contributed by atoms with Crippen molar-refractivity contribution in [2.45, 2.75) is 0 Å². The van der Waals surface area contributed by atoms with E-state index in [9.17, 15) is 23.3 Å². The third kappa shape index (κ3) is 5.00. The van der Waals surface area contributed by atoms with E-state index in [-0.39, 0.29) is 35.1 Å². The van der Waals surface area contributed by atoms with Gasteiger partial charge < -0.3 is 10.2 Å². The molecule has 0 aliphatic heterocycles. The summed E-state index contributed by atoms with van der Waals surface area (Å²) in [6.07, 6.45) is 0. The van der Waals surface area contributed by atoms with E-state index in [4.69, 9.17) is 5.14 Å². The lowest BCUT2D eigenvalue weighted by Gasteiger charge is -2.11. The van der Waals surface area contributed by atoms with Crippen LogP contribution in [0.1, 0.15) is 10.4 Å². The number of benzene rings is 1. The molecule has 0 radical (unpaired) electrons. The van der Waals surface area contributed by atoms with Gasteiger partial charge in [-0.1, -0.05) is 0 Å². The van der Waals surface area contributed by atoms with Crippen molar-refractivity contribution in [2.75, 3.05) is 31.7 Å². The molecule has 0 atom stereocenters. The molecule has 0 aromatic heterocycles. The minimum absolute atomic E-state index is 0.0688. The Morgan fingerprint density at radius 1 is 1.43 bits per heavy atom. The molecule has 0 saturated heterocycles. The summed E-state index contributed by atoms with van der Waals surface area (Å²) in [4.78, 5) is 23.4. The smallest absolute Gasteiger partial charge is 0.293 e. The van der Waals surface area contributed by atoms with Gasteiger partial charge in [-0.15, -0.1) is 0 Å². The summed E-state index contributed by atoms with van der Waals surface area (Å²) >= 11 is 0. The molecule has 1 aromatic rings. The molecule has 0 unspecified atom stereocenters. The number of carbonyl (C=O) groups is 1. The second-order valence-corrected chi connectivity index (χ2v) is 6.22. The number of sulfonamides is 1. The normalized spacial score (nSPS) is 11.0. The zero-order valence-corrected chi connectivity index (χ0v) is 12.4. The molecule has 1 amide bonds. The number of primary sulfonamides is 1. The molecule has 0 saturated carbocycles. The predicted octanol–water partition coefficient (Wildman–Crippen LogP) is -0.00300. The van der Waals surface area contributed by atoms with Crippen LogP contribution in [0.15, 0.2) is 18.2 Å². The van der Waals surface area contributed by atoms with E-state index in [1.807, 2.05) is 0 Å². The van der Waals surface area contributed by atoms with Crippen LogP contribution in [-0.2, 0) is 10.0 Å². The molecule has 0 aliphatic rings. The summed E-state index contributed by atoms with van der Waals surface area (Å²) in [7, 11) is -0.585. The first kappa shape index (κ1) is 16.9. The Balaban J connectivity index is 3.00. The van der Waals surface area contributed by atoms with Gasteiger partial charge in [0.2, 0.25) is 10.0 Å². The van der Waals surface area contributed by atoms with Crippen LogP contribution >= 0.6 is 0 Å². The van der Waals surface area contributed by atoms with Crippen LogP contribution < -0.4 is 10.5 Å². The number of amides is 1. The third-order valence-electron chi connectivity index (χ3n) is 2.55. The highest BCUT2D eigenvalue weighted by Gasteiger charge is 2.18. The number of hydrogen-bond donors (Lipinski definition) is 2. The quantitative estimate of drug-likeness (QED) is 0.560. The van der Waals surface area contributed by atoms with Crippen LogP contribution in [0.2, 0.25) is 0 Å². The summed E-state index contributed by atoms with van der Waals surface area (Å²) < 4.78 is 21.6. The molecule has 116 valence electrons. The molecule has 3 N–H and O–H groups in total. The number of nitrogens with one attached hydrogen (secondary N) is 1. The highest BCUT2D eigenvalue weighted by Crippen LogP contribution is 2.25. The Hall–Kier alpha value is -2.20. The third-order valence-corrected chi connectivity index (χ3v) is 3.32. The first-order valence-corrected chi connectivity index (χ1v) is 7.58. The van der Waals surface area contributed by atoms with E-state index in [1.54, 1.807) is 0 Å². The Morgan fingerprint density at radius 2 is 2.05 bits per heavy atom. The topological polar surface area (TPSA) is 136 Å². The lowest BCUT2D eigenvalue weighted by molar-refractivity contribution is -0.384. The van der Waals surface area contributed by atoms with E-state index in [0.717, 1.165) is 6.07 Å². The molecule has 1 aromatic carbocycles. The minimum Gasteiger partial charge on any atom is -0.378 e. The predicted molar refractivity (Wildman–Crippen MR) is 77.6 cm³/mol. The Bertz CT molecular complexity index is 657. The zero-order chi connectivity index (χ0) is 16.2. The average molecular weight is 316 g/mol. The molecule has 0 bridgehead atoms. The number of nitro benzene ring substituents is 1. The van der Waals surface area contributed by atoms with Gasteiger partial charge in [0.1, 0.15) is 5.69 Å². The molecule has 21 heavy (non-hydrogen) atoms. The van der Waals surface area contributed by atoms with Gasteiger partial charge in [0, 0.05) is 32.3 Å². The van der Waals surface area contributed by atoms with Crippen LogP contribution in [0.5, 0.6) is 0 Å². The number of hydrogen-bond acceptors (Lipinski definition) is 6. The first-order chi connectivity index (χ1) is 9.61.